The van der Waals surface area contributed by atoms with Crippen molar-refractivity contribution in [2.45, 2.75) is 19.1 Å². The van der Waals surface area contributed by atoms with Crippen molar-refractivity contribution >= 4 is 5.69 Å². The molecule has 0 radical (unpaired) electrons. The molecule has 0 amide bonds. The second-order valence-corrected chi connectivity index (χ2v) is 3.76. The maximum Gasteiger partial charge on any atom is 0.0704 e. The highest BCUT2D eigenvalue weighted by Crippen LogP contribution is 2.19. The molecule has 3 heteroatoms. The molecule has 14 heavy (non-hydrogen) atoms. The molecule has 2 atom stereocenters. The normalized spacial score (nSPS) is 14.9. The van der Waals surface area contributed by atoms with Gasteiger partial charge in [0.15, 0.2) is 0 Å². The fraction of sp³-hybridized carbons (Fsp3) is 0.455. The van der Waals surface area contributed by atoms with Crippen LogP contribution in [0.2, 0.25) is 0 Å². The summed E-state index contributed by atoms with van der Waals surface area (Å²) in [5, 5.41) is 9.37. The second kappa shape index (κ2) is 4.44. The smallest absolute Gasteiger partial charge is 0.0704 e. The second-order valence-electron chi connectivity index (χ2n) is 3.76. The van der Waals surface area contributed by atoms with Gasteiger partial charge >= 0.3 is 0 Å². The number of anilines is 1. The third kappa shape index (κ3) is 2.47. The quantitative estimate of drug-likeness (QED) is 0.758. The topological polar surface area (TPSA) is 49.5 Å². The first-order valence-corrected chi connectivity index (χ1v) is 4.73. The molecule has 0 aliphatic heterocycles. The lowest BCUT2D eigenvalue weighted by atomic mass is 10.0. The number of rotatable bonds is 3. The molecule has 0 aliphatic carbocycles. The minimum atomic E-state index is -0.521. The van der Waals surface area contributed by atoms with Gasteiger partial charge in [-0.15, -0.1) is 0 Å². The molecule has 0 heterocycles. The van der Waals surface area contributed by atoms with E-state index >= 15 is 0 Å². The van der Waals surface area contributed by atoms with Crippen LogP contribution in [0.1, 0.15) is 18.5 Å². The van der Waals surface area contributed by atoms with E-state index in [1.807, 2.05) is 43.3 Å². The highest BCUT2D eigenvalue weighted by molar-refractivity contribution is 5.47. The zero-order valence-corrected chi connectivity index (χ0v) is 8.94. The zero-order valence-electron chi connectivity index (χ0n) is 8.94. The monoisotopic (exact) mass is 194 g/mol. The van der Waals surface area contributed by atoms with Crippen LogP contribution in [0, 0.1) is 0 Å². The van der Waals surface area contributed by atoms with Crippen LogP contribution in [-0.4, -0.2) is 25.3 Å². The summed E-state index contributed by atoms with van der Waals surface area (Å²) in [6, 6.07) is 7.59. The Hall–Kier alpha value is -1.06. The highest BCUT2D eigenvalue weighted by atomic mass is 16.3. The molecule has 78 valence electrons. The number of nitrogens with two attached hydrogens (primary N) is 1. The summed E-state index contributed by atoms with van der Waals surface area (Å²) >= 11 is 0. The van der Waals surface area contributed by atoms with Crippen LogP contribution in [0.5, 0.6) is 0 Å². The van der Waals surface area contributed by atoms with Crippen LogP contribution in [0.25, 0.3) is 0 Å². The van der Waals surface area contributed by atoms with Gasteiger partial charge in [0.1, 0.15) is 0 Å². The average Bonchev–Trinajstić information content (AvgIpc) is 2.16. The molecule has 3 N–H and O–H groups in total. The van der Waals surface area contributed by atoms with E-state index in [1.165, 1.54) is 0 Å². The molecule has 2 unspecified atom stereocenters. The van der Waals surface area contributed by atoms with Crippen LogP contribution in [0.15, 0.2) is 24.3 Å². The van der Waals surface area contributed by atoms with Crippen molar-refractivity contribution in [1.29, 1.82) is 0 Å². The summed E-state index contributed by atoms with van der Waals surface area (Å²) in [6.07, 6.45) is -0.521. The lowest BCUT2D eigenvalue weighted by molar-refractivity contribution is 0.164. The lowest BCUT2D eigenvalue weighted by Crippen LogP contribution is -2.23. The van der Waals surface area contributed by atoms with E-state index in [0.29, 0.717) is 0 Å². The van der Waals surface area contributed by atoms with Gasteiger partial charge in [-0.2, -0.15) is 0 Å². The van der Waals surface area contributed by atoms with E-state index in [2.05, 4.69) is 0 Å². The van der Waals surface area contributed by atoms with Crippen molar-refractivity contribution in [1.82, 2.24) is 0 Å². The van der Waals surface area contributed by atoms with Crippen molar-refractivity contribution in [3.63, 3.8) is 0 Å². The van der Waals surface area contributed by atoms with Gasteiger partial charge in [0, 0.05) is 19.8 Å². The summed E-state index contributed by atoms with van der Waals surface area (Å²) in [5.41, 5.74) is 7.90. The van der Waals surface area contributed by atoms with Crippen LogP contribution < -0.4 is 10.6 Å². The molecule has 0 saturated carbocycles. The number of benzene rings is 1. The van der Waals surface area contributed by atoms with Crippen molar-refractivity contribution in [3.8, 4) is 0 Å². The van der Waals surface area contributed by atoms with Crippen LogP contribution in [0.3, 0.4) is 0 Å². The number of hydrogen-bond donors (Lipinski definition) is 2. The van der Waals surface area contributed by atoms with Gasteiger partial charge in [-0.25, -0.2) is 0 Å². The molecule has 1 aromatic carbocycles. The highest BCUT2D eigenvalue weighted by Gasteiger charge is 2.12. The fourth-order valence-corrected chi connectivity index (χ4v) is 1.29. The minimum absolute atomic E-state index is 0.310. The van der Waals surface area contributed by atoms with Gasteiger partial charge in [-0.05, 0) is 24.6 Å². The van der Waals surface area contributed by atoms with E-state index in [1.54, 1.807) is 6.92 Å². The first kappa shape index (κ1) is 11.0. The summed E-state index contributed by atoms with van der Waals surface area (Å²) in [4.78, 5) is 2.01. The predicted octanol–water partition coefficient (Wildman–Crippen LogP) is 1.13. The van der Waals surface area contributed by atoms with E-state index in [0.717, 1.165) is 11.3 Å². The summed E-state index contributed by atoms with van der Waals surface area (Å²) in [7, 11) is 3.96. The van der Waals surface area contributed by atoms with Gasteiger partial charge in [-0.3, -0.25) is 0 Å². The lowest BCUT2D eigenvalue weighted by Gasteiger charge is -2.18. The van der Waals surface area contributed by atoms with Crippen LogP contribution in [-0.2, 0) is 0 Å². The molecule has 1 rings (SSSR count). The Morgan fingerprint density at radius 2 is 2.00 bits per heavy atom. The van der Waals surface area contributed by atoms with Gasteiger partial charge in [0.2, 0.25) is 0 Å². The van der Waals surface area contributed by atoms with Crippen molar-refractivity contribution in [2.24, 2.45) is 5.73 Å². The maximum absolute atomic E-state index is 9.37. The standard InChI is InChI=1S/C11H18N2O/c1-8(14)11(12)9-5-4-6-10(7-9)13(2)3/h4-8,11,14H,12H2,1-3H3. The summed E-state index contributed by atoms with van der Waals surface area (Å²) in [5.74, 6) is 0. The number of aliphatic hydroxyl groups excluding tert-OH is 1. The molecule has 0 spiro atoms. The molecule has 0 saturated heterocycles. The molecule has 0 fully saturated rings. The van der Waals surface area contributed by atoms with E-state index < -0.39 is 6.10 Å². The summed E-state index contributed by atoms with van der Waals surface area (Å²) < 4.78 is 0. The zero-order chi connectivity index (χ0) is 10.7. The number of aliphatic hydroxyl groups is 1. The van der Waals surface area contributed by atoms with E-state index in [9.17, 15) is 5.11 Å². The van der Waals surface area contributed by atoms with Gasteiger partial charge < -0.3 is 15.7 Å². The molecule has 0 aliphatic rings. The van der Waals surface area contributed by atoms with Crippen molar-refractivity contribution in [3.05, 3.63) is 29.8 Å². The van der Waals surface area contributed by atoms with E-state index in [-0.39, 0.29) is 6.04 Å². The van der Waals surface area contributed by atoms with Crippen molar-refractivity contribution in [2.75, 3.05) is 19.0 Å². The SMILES string of the molecule is CC(O)C(N)c1cccc(N(C)C)c1. The first-order valence-electron chi connectivity index (χ1n) is 4.73. The Bertz CT molecular complexity index is 297. The Morgan fingerprint density at radius 3 is 2.50 bits per heavy atom. The Morgan fingerprint density at radius 1 is 1.36 bits per heavy atom. The molecule has 0 aromatic heterocycles. The molecule has 3 nitrogen and oxygen atoms in total. The number of nitrogens with zero attached hydrogens (tertiary/aromatic N) is 1. The number of hydrogen-bond acceptors (Lipinski definition) is 3. The Kier molecular flexibility index (Phi) is 3.49. The molecular formula is C11H18N2O. The van der Waals surface area contributed by atoms with Gasteiger partial charge in [-0.1, -0.05) is 12.1 Å². The maximum atomic E-state index is 9.37. The minimum Gasteiger partial charge on any atom is -0.391 e. The predicted molar refractivity (Wildman–Crippen MR) is 59.4 cm³/mol. The Labute approximate surface area is 85.2 Å². The van der Waals surface area contributed by atoms with Gasteiger partial charge in [0.05, 0.1) is 12.1 Å². The van der Waals surface area contributed by atoms with Gasteiger partial charge in [0.25, 0.3) is 0 Å². The van der Waals surface area contributed by atoms with Crippen molar-refractivity contribution < 1.29 is 5.11 Å². The third-order valence-corrected chi connectivity index (χ3v) is 2.29. The largest absolute Gasteiger partial charge is 0.391 e. The molecule has 0 bridgehead atoms. The van der Waals surface area contributed by atoms with Crippen LogP contribution in [0.4, 0.5) is 5.69 Å². The molecule has 1 aromatic rings. The van der Waals surface area contributed by atoms with E-state index in [4.69, 9.17) is 5.73 Å². The Balaban J connectivity index is 2.93. The fourth-order valence-electron chi connectivity index (χ4n) is 1.29. The molecular weight excluding hydrogens is 176 g/mol. The summed E-state index contributed by atoms with van der Waals surface area (Å²) in [6.45, 7) is 1.70. The van der Waals surface area contributed by atoms with Crippen LogP contribution >= 0.6 is 0 Å². The average molecular weight is 194 g/mol. The first-order chi connectivity index (χ1) is 6.52. The third-order valence-electron chi connectivity index (χ3n) is 2.29.